The van der Waals surface area contributed by atoms with Gasteiger partial charge in [0.05, 0.1) is 12.0 Å². The average Bonchev–Trinajstić information content (AvgIpc) is 2.52. The first-order chi connectivity index (χ1) is 11.5. The number of nitrogens with one attached hydrogen (secondary N) is 1. The smallest absolute Gasteiger partial charge is 0.309 e. The van der Waals surface area contributed by atoms with Crippen LogP contribution < -0.4 is 5.32 Å². The summed E-state index contributed by atoms with van der Waals surface area (Å²) in [5, 5.41) is 21.9. The van der Waals surface area contributed by atoms with Gasteiger partial charge in [0.15, 0.2) is 0 Å². The van der Waals surface area contributed by atoms with E-state index in [0.29, 0.717) is 12.3 Å². The first-order valence-corrected chi connectivity index (χ1v) is 9.73. The molecule has 0 saturated carbocycles. The fourth-order valence-electron chi connectivity index (χ4n) is 3.07. The van der Waals surface area contributed by atoms with Gasteiger partial charge >= 0.3 is 5.97 Å². The molecule has 0 unspecified atom stereocenters. The predicted octanol–water partition coefficient (Wildman–Crippen LogP) is 4.38. The Hall–Kier alpha value is -0.870. The molecule has 0 aromatic rings. The van der Waals surface area contributed by atoms with Crippen molar-refractivity contribution in [1.29, 1.82) is 0 Å². The highest BCUT2D eigenvalue weighted by molar-refractivity contribution is 5.70. The number of hydrogen-bond donors (Lipinski definition) is 3. The zero-order valence-corrected chi connectivity index (χ0v) is 16.0. The minimum absolute atomic E-state index is 0.480. The molecule has 142 valence electrons. The van der Waals surface area contributed by atoms with Crippen molar-refractivity contribution >= 4 is 5.97 Å². The Labute approximate surface area is 148 Å². The molecule has 3 atom stereocenters. The highest BCUT2D eigenvalue weighted by Crippen LogP contribution is 2.20. The standard InChI is InChI=1S/C20H39NO3/c1-4-5-6-7-8-9-10-11-12-13-18(16-21-3)14-15-19(17(2)22)20(23)24/h9-10,17-19,21-22H,4-8,11-16H2,1-3H3,(H,23,24)/b10-9-/t17-,18+,19-/m0/s1. The molecule has 0 heterocycles. The first-order valence-electron chi connectivity index (χ1n) is 9.73. The molecule has 0 aromatic carbocycles. The fourth-order valence-corrected chi connectivity index (χ4v) is 3.07. The monoisotopic (exact) mass is 341 g/mol. The van der Waals surface area contributed by atoms with Gasteiger partial charge in [-0.3, -0.25) is 4.79 Å². The maximum absolute atomic E-state index is 11.2. The van der Waals surface area contributed by atoms with Crippen LogP contribution in [0.4, 0.5) is 0 Å². The van der Waals surface area contributed by atoms with Crippen LogP contribution in [0.1, 0.15) is 78.1 Å². The van der Waals surface area contributed by atoms with E-state index >= 15 is 0 Å². The summed E-state index contributed by atoms with van der Waals surface area (Å²) in [6.45, 7) is 4.71. The summed E-state index contributed by atoms with van der Waals surface area (Å²) in [6, 6.07) is 0. The number of carbonyl (C=O) groups is 1. The van der Waals surface area contributed by atoms with E-state index in [1.165, 1.54) is 32.1 Å². The summed E-state index contributed by atoms with van der Waals surface area (Å²) in [7, 11) is 1.94. The van der Waals surface area contributed by atoms with Gasteiger partial charge in [-0.2, -0.15) is 0 Å². The number of allylic oxidation sites excluding steroid dienone is 2. The minimum Gasteiger partial charge on any atom is -0.481 e. The molecular formula is C20H39NO3. The zero-order chi connectivity index (χ0) is 18.2. The number of rotatable bonds is 16. The van der Waals surface area contributed by atoms with Crippen molar-refractivity contribution in [3.8, 4) is 0 Å². The van der Waals surface area contributed by atoms with Crippen molar-refractivity contribution < 1.29 is 15.0 Å². The molecule has 0 fully saturated rings. The molecule has 0 aliphatic carbocycles. The Morgan fingerprint density at radius 2 is 1.71 bits per heavy atom. The molecule has 0 amide bonds. The number of carboxylic acid groups (broad SMARTS) is 1. The van der Waals surface area contributed by atoms with Crippen molar-refractivity contribution in [3.63, 3.8) is 0 Å². The molecular weight excluding hydrogens is 302 g/mol. The third-order valence-electron chi connectivity index (χ3n) is 4.65. The maximum atomic E-state index is 11.2. The number of aliphatic hydroxyl groups excluding tert-OH is 1. The van der Waals surface area contributed by atoms with Crippen molar-refractivity contribution in [1.82, 2.24) is 5.32 Å². The molecule has 0 bridgehead atoms. The van der Waals surface area contributed by atoms with Gasteiger partial charge in [0, 0.05) is 0 Å². The number of aliphatic hydroxyl groups is 1. The third kappa shape index (κ3) is 12.5. The Morgan fingerprint density at radius 1 is 1.04 bits per heavy atom. The van der Waals surface area contributed by atoms with Crippen LogP contribution in [0.25, 0.3) is 0 Å². The van der Waals surface area contributed by atoms with Gasteiger partial charge in [-0.25, -0.2) is 0 Å². The molecule has 3 N–H and O–H groups in total. The Bertz CT molecular complexity index is 329. The Kier molecular flexibility index (Phi) is 15.1. The van der Waals surface area contributed by atoms with Crippen LogP contribution in [0.15, 0.2) is 12.2 Å². The van der Waals surface area contributed by atoms with Gasteiger partial charge in [-0.15, -0.1) is 0 Å². The van der Waals surface area contributed by atoms with Gasteiger partial charge in [0.1, 0.15) is 0 Å². The number of aliphatic carboxylic acids is 1. The average molecular weight is 342 g/mol. The Balaban J connectivity index is 3.95. The number of unbranched alkanes of at least 4 members (excludes halogenated alkanes) is 5. The second-order valence-corrected chi connectivity index (χ2v) is 6.94. The second kappa shape index (κ2) is 15.6. The summed E-state index contributed by atoms with van der Waals surface area (Å²) in [5.41, 5.74) is 0. The molecule has 4 nitrogen and oxygen atoms in total. The summed E-state index contributed by atoms with van der Waals surface area (Å²) in [6.07, 6.45) is 15.0. The molecule has 0 aromatic heterocycles. The van der Waals surface area contributed by atoms with Gasteiger partial charge in [-0.1, -0.05) is 38.3 Å². The van der Waals surface area contributed by atoms with E-state index in [4.69, 9.17) is 5.11 Å². The quantitative estimate of drug-likeness (QED) is 0.288. The van der Waals surface area contributed by atoms with Crippen molar-refractivity contribution in [2.24, 2.45) is 11.8 Å². The summed E-state index contributed by atoms with van der Waals surface area (Å²) in [5.74, 6) is -1.06. The van der Waals surface area contributed by atoms with E-state index in [9.17, 15) is 9.90 Å². The van der Waals surface area contributed by atoms with E-state index in [1.807, 2.05) is 7.05 Å². The fraction of sp³-hybridized carbons (Fsp3) is 0.850. The lowest BCUT2D eigenvalue weighted by Gasteiger charge is -2.20. The second-order valence-electron chi connectivity index (χ2n) is 6.94. The van der Waals surface area contributed by atoms with Gasteiger partial charge in [-0.05, 0) is 71.4 Å². The van der Waals surface area contributed by atoms with Crippen LogP contribution in [-0.2, 0) is 4.79 Å². The normalized spacial score (nSPS) is 15.5. The predicted molar refractivity (Wildman–Crippen MR) is 101 cm³/mol. The highest BCUT2D eigenvalue weighted by Gasteiger charge is 2.23. The number of carboxylic acids is 1. The third-order valence-corrected chi connectivity index (χ3v) is 4.65. The van der Waals surface area contributed by atoms with Crippen molar-refractivity contribution in [3.05, 3.63) is 12.2 Å². The van der Waals surface area contributed by atoms with Crippen LogP contribution >= 0.6 is 0 Å². The molecule has 0 aliphatic rings. The number of hydrogen-bond acceptors (Lipinski definition) is 3. The van der Waals surface area contributed by atoms with E-state index in [1.54, 1.807) is 6.92 Å². The molecule has 0 radical (unpaired) electrons. The summed E-state index contributed by atoms with van der Waals surface area (Å²) in [4.78, 5) is 11.2. The lowest BCUT2D eigenvalue weighted by Crippen LogP contribution is -2.27. The van der Waals surface area contributed by atoms with Crippen molar-refractivity contribution in [2.75, 3.05) is 13.6 Å². The first kappa shape index (κ1) is 23.1. The topological polar surface area (TPSA) is 69.6 Å². The largest absolute Gasteiger partial charge is 0.481 e. The molecule has 4 heteroatoms. The van der Waals surface area contributed by atoms with Crippen LogP contribution in [0.5, 0.6) is 0 Å². The lowest BCUT2D eigenvalue weighted by atomic mass is 9.89. The SMILES string of the molecule is CCCCCC/C=C\CCC[C@H](CC[C@H](C(=O)O)[C@H](C)O)CNC. The van der Waals surface area contributed by atoms with Gasteiger partial charge in [0.25, 0.3) is 0 Å². The van der Waals surface area contributed by atoms with Crippen LogP contribution in [0.2, 0.25) is 0 Å². The molecule has 0 rings (SSSR count). The molecule has 0 saturated heterocycles. The van der Waals surface area contributed by atoms with Crippen LogP contribution in [0, 0.1) is 11.8 Å². The van der Waals surface area contributed by atoms with Crippen molar-refractivity contribution in [2.45, 2.75) is 84.2 Å². The van der Waals surface area contributed by atoms with Gasteiger partial charge < -0.3 is 15.5 Å². The van der Waals surface area contributed by atoms with Gasteiger partial charge in [0.2, 0.25) is 0 Å². The van der Waals surface area contributed by atoms with E-state index in [-0.39, 0.29) is 0 Å². The lowest BCUT2D eigenvalue weighted by molar-refractivity contribution is -0.145. The molecule has 0 spiro atoms. The van der Waals surface area contributed by atoms with E-state index < -0.39 is 18.0 Å². The van der Waals surface area contributed by atoms with E-state index in [0.717, 1.165) is 32.2 Å². The molecule has 0 aliphatic heterocycles. The molecule has 24 heavy (non-hydrogen) atoms. The minimum atomic E-state index is -0.890. The maximum Gasteiger partial charge on any atom is 0.309 e. The summed E-state index contributed by atoms with van der Waals surface area (Å²) >= 11 is 0. The zero-order valence-electron chi connectivity index (χ0n) is 16.0. The van der Waals surface area contributed by atoms with E-state index in [2.05, 4.69) is 24.4 Å². The summed E-state index contributed by atoms with van der Waals surface area (Å²) < 4.78 is 0. The Morgan fingerprint density at radius 3 is 2.25 bits per heavy atom. The highest BCUT2D eigenvalue weighted by atomic mass is 16.4. The van der Waals surface area contributed by atoms with Crippen LogP contribution in [-0.4, -0.2) is 35.9 Å². The van der Waals surface area contributed by atoms with Crippen LogP contribution in [0.3, 0.4) is 0 Å².